The van der Waals surface area contributed by atoms with E-state index in [9.17, 15) is 9.59 Å². The summed E-state index contributed by atoms with van der Waals surface area (Å²) in [6.45, 7) is -0.316. The molecule has 3 aromatic rings. The lowest BCUT2D eigenvalue weighted by Gasteiger charge is -2.05. The van der Waals surface area contributed by atoms with Crippen molar-refractivity contribution >= 4 is 38.6 Å². The van der Waals surface area contributed by atoms with Crippen LogP contribution in [0, 0.1) is 0 Å². The van der Waals surface area contributed by atoms with Gasteiger partial charge in [-0.1, -0.05) is 52.3 Å². The van der Waals surface area contributed by atoms with Gasteiger partial charge in [0.25, 0.3) is 0 Å². The number of hydrogen-bond donors (Lipinski definition) is 0. The summed E-state index contributed by atoms with van der Waals surface area (Å²) in [5.74, 6) is -0.875. The Kier molecular flexibility index (Phi) is 4.48. The first kappa shape index (κ1) is 15.4. The number of nitrogens with zero attached hydrogens (tertiary/aromatic N) is 1. The van der Waals surface area contributed by atoms with E-state index in [2.05, 4.69) is 20.9 Å². The molecule has 0 fully saturated rings. The minimum Gasteiger partial charge on any atom is -0.453 e. The Morgan fingerprint density at radius 3 is 2.65 bits per heavy atom. The predicted molar refractivity (Wildman–Crippen MR) is 90.5 cm³/mol. The zero-order chi connectivity index (χ0) is 16.2. The van der Waals surface area contributed by atoms with E-state index in [0.29, 0.717) is 11.1 Å². The fourth-order valence-electron chi connectivity index (χ4n) is 2.13. The standard InChI is InChI=1S/C18H12BrNO3/c19-14-6-3-5-13(10-14)17(21)11-23-18(22)16-9-8-12-4-1-2-7-15(12)20-16/h1-10H,11H2. The van der Waals surface area contributed by atoms with Crippen molar-refractivity contribution < 1.29 is 14.3 Å². The Bertz CT molecular complexity index is 892. The summed E-state index contributed by atoms with van der Waals surface area (Å²) >= 11 is 3.30. The van der Waals surface area contributed by atoms with Crippen LogP contribution in [0.3, 0.4) is 0 Å². The van der Waals surface area contributed by atoms with Gasteiger partial charge in [0.1, 0.15) is 5.69 Å². The number of fused-ring (bicyclic) bond motifs is 1. The first-order chi connectivity index (χ1) is 11.1. The zero-order valence-corrected chi connectivity index (χ0v) is 13.6. The molecule has 0 radical (unpaired) electrons. The molecule has 0 saturated heterocycles. The molecule has 0 spiro atoms. The molecule has 0 unspecified atom stereocenters. The van der Waals surface area contributed by atoms with E-state index in [1.54, 1.807) is 30.3 Å². The lowest BCUT2D eigenvalue weighted by Crippen LogP contribution is -2.15. The van der Waals surface area contributed by atoms with Crippen molar-refractivity contribution in [3.63, 3.8) is 0 Å². The third kappa shape index (κ3) is 3.63. The first-order valence-electron chi connectivity index (χ1n) is 6.95. The molecule has 0 aliphatic carbocycles. The molecule has 1 heterocycles. The number of hydrogen-bond acceptors (Lipinski definition) is 4. The second-order valence-electron chi connectivity index (χ2n) is 4.90. The van der Waals surface area contributed by atoms with E-state index in [1.807, 2.05) is 30.3 Å². The van der Waals surface area contributed by atoms with Gasteiger partial charge in [0.2, 0.25) is 0 Å². The molecular formula is C18H12BrNO3. The molecule has 1 aromatic heterocycles. The molecule has 0 aliphatic heterocycles. The van der Waals surface area contributed by atoms with E-state index in [0.717, 1.165) is 9.86 Å². The van der Waals surface area contributed by atoms with Crippen LogP contribution in [0.5, 0.6) is 0 Å². The number of benzene rings is 2. The molecule has 0 aliphatic rings. The average molecular weight is 370 g/mol. The fraction of sp³-hybridized carbons (Fsp3) is 0.0556. The van der Waals surface area contributed by atoms with Crippen LogP contribution in [0.4, 0.5) is 0 Å². The third-order valence-corrected chi connectivity index (χ3v) is 3.78. The number of ketones is 1. The molecule has 3 rings (SSSR count). The first-order valence-corrected chi connectivity index (χ1v) is 7.74. The number of carbonyl (C=O) groups is 2. The lowest BCUT2D eigenvalue weighted by atomic mass is 10.1. The zero-order valence-electron chi connectivity index (χ0n) is 12.0. The van der Waals surface area contributed by atoms with Crippen LogP contribution in [0.2, 0.25) is 0 Å². The quantitative estimate of drug-likeness (QED) is 0.514. The Morgan fingerprint density at radius 1 is 1.00 bits per heavy atom. The molecule has 4 nitrogen and oxygen atoms in total. The number of ether oxygens (including phenoxy) is 1. The molecule has 2 aromatic carbocycles. The summed E-state index contributed by atoms with van der Waals surface area (Å²) in [7, 11) is 0. The largest absolute Gasteiger partial charge is 0.453 e. The Balaban J connectivity index is 1.69. The number of aromatic nitrogens is 1. The van der Waals surface area contributed by atoms with Gasteiger partial charge in [-0.3, -0.25) is 4.79 Å². The second-order valence-corrected chi connectivity index (χ2v) is 5.81. The number of pyridine rings is 1. The van der Waals surface area contributed by atoms with Crippen molar-refractivity contribution in [3.05, 3.63) is 76.4 Å². The summed E-state index contributed by atoms with van der Waals surface area (Å²) in [4.78, 5) is 28.3. The molecule has 23 heavy (non-hydrogen) atoms. The molecule has 0 amide bonds. The van der Waals surface area contributed by atoms with Gasteiger partial charge >= 0.3 is 5.97 Å². The van der Waals surface area contributed by atoms with Crippen LogP contribution < -0.4 is 0 Å². The highest BCUT2D eigenvalue weighted by atomic mass is 79.9. The number of carbonyl (C=O) groups excluding carboxylic acids is 2. The van der Waals surface area contributed by atoms with E-state index in [4.69, 9.17) is 4.74 Å². The maximum Gasteiger partial charge on any atom is 0.357 e. The van der Waals surface area contributed by atoms with Gasteiger partial charge in [-0.15, -0.1) is 0 Å². The fourth-order valence-corrected chi connectivity index (χ4v) is 2.53. The predicted octanol–water partition coefficient (Wildman–Crippen LogP) is 4.04. The van der Waals surface area contributed by atoms with Crippen LogP contribution in [0.1, 0.15) is 20.8 Å². The summed E-state index contributed by atoms with van der Waals surface area (Å²) in [6, 6.07) is 17.8. The van der Waals surface area contributed by atoms with Crippen LogP contribution in [0.25, 0.3) is 10.9 Å². The van der Waals surface area contributed by atoms with E-state index in [-0.39, 0.29) is 18.1 Å². The van der Waals surface area contributed by atoms with Gasteiger partial charge in [0, 0.05) is 15.4 Å². The van der Waals surface area contributed by atoms with Gasteiger partial charge in [-0.05, 0) is 24.3 Å². The highest BCUT2D eigenvalue weighted by Crippen LogP contribution is 2.14. The summed E-state index contributed by atoms with van der Waals surface area (Å²) in [5, 5.41) is 0.939. The highest BCUT2D eigenvalue weighted by Gasteiger charge is 2.13. The SMILES string of the molecule is O=C(COC(=O)c1ccc2ccccc2n1)c1cccc(Br)c1. The molecule has 0 bridgehead atoms. The summed E-state index contributed by atoms with van der Waals surface area (Å²) < 4.78 is 5.86. The van der Waals surface area contributed by atoms with Gasteiger partial charge in [0.05, 0.1) is 5.52 Å². The van der Waals surface area contributed by atoms with Crippen molar-refractivity contribution in [2.24, 2.45) is 0 Å². The Hall–Kier alpha value is -2.53. The number of esters is 1. The molecule has 114 valence electrons. The van der Waals surface area contributed by atoms with Crippen molar-refractivity contribution in [3.8, 4) is 0 Å². The maximum absolute atomic E-state index is 12.0. The normalized spacial score (nSPS) is 10.5. The lowest BCUT2D eigenvalue weighted by molar-refractivity contribution is 0.0469. The number of Topliss-reactive ketones (excluding diaryl/α,β-unsaturated/α-hetero) is 1. The van der Waals surface area contributed by atoms with Crippen molar-refractivity contribution in [2.45, 2.75) is 0 Å². The average Bonchev–Trinajstić information content (AvgIpc) is 2.59. The molecule has 0 atom stereocenters. The number of halogens is 1. The van der Waals surface area contributed by atoms with Crippen molar-refractivity contribution in [2.75, 3.05) is 6.61 Å². The third-order valence-electron chi connectivity index (χ3n) is 3.29. The van der Waals surface area contributed by atoms with Crippen molar-refractivity contribution in [1.82, 2.24) is 4.98 Å². The molecule has 5 heteroatoms. The monoisotopic (exact) mass is 369 g/mol. The van der Waals surface area contributed by atoms with Gasteiger partial charge in [-0.2, -0.15) is 0 Å². The van der Waals surface area contributed by atoms with E-state index >= 15 is 0 Å². The molecule has 0 N–H and O–H groups in total. The van der Waals surface area contributed by atoms with Crippen molar-refractivity contribution in [1.29, 1.82) is 0 Å². The van der Waals surface area contributed by atoms with Crippen LogP contribution in [-0.4, -0.2) is 23.3 Å². The maximum atomic E-state index is 12.0. The van der Waals surface area contributed by atoms with Gasteiger partial charge < -0.3 is 4.74 Å². The second kappa shape index (κ2) is 6.71. The summed E-state index contributed by atoms with van der Waals surface area (Å²) in [6.07, 6.45) is 0. The smallest absolute Gasteiger partial charge is 0.357 e. The highest BCUT2D eigenvalue weighted by molar-refractivity contribution is 9.10. The Morgan fingerprint density at radius 2 is 1.83 bits per heavy atom. The van der Waals surface area contributed by atoms with E-state index in [1.165, 1.54) is 0 Å². The number of rotatable bonds is 4. The number of para-hydroxylation sites is 1. The van der Waals surface area contributed by atoms with Gasteiger partial charge in [0.15, 0.2) is 12.4 Å². The molecular weight excluding hydrogens is 358 g/mol. The van der Waals surface area contributed by atoms with Gasteiger partial charge in [-0.25, -0.2) is 9.78 Å². The Labute approximate surface area is 141 Å². The molecule has 0 saturated carbocycles. The van der Waals surface area contributed by atoms with Crippen LogP contribution in [-0.2, 0) is 4.74 Å². The minimum absolute atomic E-state index is 0.186. The van der Waals surface area contributed by atoms with Crippen LogP contribution >= 0.6 is 15.9 Å². The minimum atomic E-state index is -0.612. The summed E-state index contributed by atoms with van der Waals surface area (Å²) in [5.41, 5.74) is 1.38. The van der Waals surface area contributed by atoms with Crippen LogP contribution in [0.15, 0.2) is 65.1 Å². The van der Waals surface area contributed by atoms with E-state index < -0.39 is 5.97 Å². The topological polar surface area (TPSA) is 56.3 Å².